The number of amides is 1. The Bertz CT molecular complexity index is 1320. The summed E-state index contributed by atoms with van der Waals surface area (Å²) in [5, 5.41) is 8.40. The Morgan fingerprint density at radius 1 is 1.06 bits per heavy atom. The number of rotatable bonds is 7. The minimum Gasteiger partial charge on any atom is -0.451 e. The van der Waals surface area contributed by atoms with Crippen molar-refractivity contribution in [3.63, 3.8) is 0 Å². The lowest BCUT2D eigenvalue weighted by Crippen LogP contribution is -2.28. The highest BCUT2D eigenvalue weighted by atomic mass is 16.5. The molecule has 0 aliphatic carbocycles. The number of nitrogens with one attached hydrogen (secondary N) is 2. The molecule has 0 radical (unpaired) electrons. The molecular weight excluding hydrogens is 416 g/mol. The van der Waals surface area contributed by atoms with Crippen molar-refractivity contribution in [2.75, 3.05) is 6.61 Å². The van der Waals surface area contributed by atoms with Crippen LogP contribution in [0, 0.1) is 27.7 Å². The van der Waals surface area contributed by atoms with E-state index in [0.29, 0.717) is 18.8 Å². The number of fused-ring (bicyclic) bond motifs is 1. The van der Waals surface area contributed by atoms with E-state index < -0.39 is 5.97 Å². The van der Waals surface area contributed by atoms with E-state index in [2.05, 4.69) is 33.6 Å². The molecular formula is C26H28N4O3. The number of benzene rings is 2. The van der Waals surface area contributed by atoms with Crippen molar-refractivity contribution < 1.29 is 14.3 Å². The standard InChI is InChI=1S/C26H28N4O3/c1-16-10-17(2)21-12-24(28-23(21)11-16)26(32)33-15-25(31)27-13-22-18(3)29-30(19(22)4)14-20-8-6-5-7-9-20/h5-12,28H,13-15H2,1-4H3,(H,27,31). The molecule has 4 rings (SSSR count). The number of aromatic nitrogens is 3. The van der Waals surface area contributed by atoms with Crippen LogP contribution in [0.3, 0.4) is 0 Å². The molecule has 4 aromatic rings. The van der Waals surface area contributed by atoms with E-state index in [-0.39, 0.29) is 12.5 Å². The second-order valence-corrected chi connectivity index (χ2v) is 8.37. The van der Waals surface area contributed by atoms with Crippen LogP contribution in [0.1, 0.15) is 44.1 Å². The average molecular weight is 445 g/mol. The monoisotopic (exact) mass is 444 g/mol. The first-order chi connectivity index (χ1) is 15.8. The predicted octanol–water partition coefficient (Wildman–Crippen LogP) is 4.12. The summed E-state index contributed by atoms with van der Waals surface area (Å²) in [6, 6.07) is 15.9. The smallest absolute Gasteiger partial charge is 0.355 e. The molecule has 0 bridgehead atoms. The van der Waals surface area contributed by atoms with Crippen LogP contribution in [0.4, 0.5) is 0 Å². The summed E-state index contributed by atoms with van der Waals surface area (Å²) in [5.74, 6) is -0.914. The average Bonchev–Trinajstić information content (AvgIpc) is 3.32. The van der Waals surface area contributed by atoms with Gasteiger partial charge in [-0.1, -0.05) is 36.4 Å². The zero-order valence-electron chi connectivity index (χ0n) is 19.4. The topological polar surface area (TPSA) is 89.0 Å². The number of hydrogen-bond donors (Lipinski definition) is 2. The van der Waals surface area contributed by atoms with Crippen LogP contribution in [0.25, 0.3) is 10.9 Å². The van der Waals surface area contributed by atoms with E-state index in [1.807, 2.05) is 56.6 Å². The van der Waals surface area contributed by atoms with Gasteiger partial charge in [0.15, 0.2) is 6.61 Å². The Balaban J connectivity index is 1.33. The van der Waals surface area contributed by atoms with Gasteiger partial charge in [-0.05, 0) is 56.5 Å². The fourth-order valence-corrected chi connectivity index (χ4v) is 4.06. The molecule has 0 aliphatic rings. The Kier molecular flexibility index (Phi) is 6.31. The largest absolute Gasteiger partial charge is 0.451 e. The van der Waals surface area contributed by atoms with Crippen LogP contribution < -0.4 is 5.32 Å². The fourth-order valence-electron chi connectivity index (χ4n) is 4.06. The van der Waals surface area contributed by atoms with E-state index in [1.165, 1.54) is 0 Å². The highest BCUT2D eigenvalue weighted by Crippen LogP contribution is 2.22. The minimum absolute atomic E-state index is 0.327. The zero-order chi connectivity index (χ0) is 23.5. The van der Waals surface area contributed by atoms with E-state index >= 15 is 0 Å². The van der Waals surface area contributed by atoms with Gasteiger partial charge in [-0.3, -0.25) is 9.48 Å². The highest BCUT2D eigenvalue weighted by Gasteiger charge is 2.16. The normalized spacial score (nSPS) is 11.0. The quantitative estimate of drug-likeness (QED) is 0.420. The number of esters is 1. The van der Waals surface area contributed by atoms with Crippen molar-refractivity contribution in [3.05, 3.63) is 87.9 Å². The summed E-state index contributed by atoms with van der Waals surface area (Å²) in [6.07, 6.45) is 0. The molecule has 170 valence electrons. The Morgan fingerprint density at radius 3 is 2.58 bits per heavy atom. The van der Waals surface area contributed by atoms with Gasteiger partial charge in [0.25, 0.3) is 5.91 Å². The highest BCUT2D eigenvalue weighted by molar-refractivity contribution is 5.96. The summed E-state index contributed by atoms with van der Waals surface area (Å²) in [5.41, 5.74) is 7.39. The van der Waals surface area contributed by atoms with Crippen LogP contribution in [0.5, 0.6) is 0 Å². The molecule has 2 heterocycles. The summed E-state index contributed by atoms with van der Waals surface area (Å²) in [7, 11) is 0. The second-order valence-electron chi connectivity index (χ2n) is 8.37. The van der Waals surface area contributed by atoms with Crippen LogP contribution in [-0.4, -0.2) is 33.2 Å². The van der Waals surface area contributed by atoms with Crippen LogP contribution in [0.15, 0.2) is 48.5 Å². The first-order valence-corrected chi connectivity index (χ1v) is 10.9. The molecule has 0 saturated carbocycles. The van der Waals surface area contributed by atoms with Gasteiger partial charge in [-0.2, -0.15) is 5.10 Å². The van der Waals surface area contributed by atoms with Gasteiger partial charge in [-0.25, -0.2) is 4.79 Å². The van der Waals surface area contributed by atoms with Gasteiger partial charge in [0, 0.05) is 28.7 Å². The predicted molar refractivity (Wildman–Crippen MR) is 127 cm³/mol. The summed E-state index contributed by atoms with van der Waals surface area (Å²) >= 11 is 0. The zero-order valence-corrected chi connectivity index (χ0v) is 19.4. The second kappa shape index (κ2) is 9.32. The first-order valence-electron chi connectivity index (χ1n) is 10.9. The molecule has 0 spiro atoms. The Labute approximate surface area is 192 Å². The Hall–Kier alpha value is -3.87. The van der Waals surface area contributed by atoms with Gasteiger partial charge >= 0.3 is 5.97 Å². The summed E-state index contributed by atoms with van der Waals surface area (Å²) in [4.78, 5) is 27.8. The van der Waals surface area contributed by atoms with Crippen LogP contribution >= 0.6 is 0 Å². The number of nitrogens with zero attached hydrogens (tertiary/aromatic N) is 2. The first kappa shape index (κ1) is 22.3. The number of aromatic amines is 1. The summed E-state index contributed by atoms with van der Waals surface area (Å²) < 4.78 is 7.16. The van der Waals surface area contributed by atoms with E-state index in [9.17, 15) is 9.59 Å². The molecule has 0 saturated heterocycles. The molecule has 33 heavy (non-hydrogen) atoms. The summed E-state index contributed by atoms with van der Waals surface area (Å²) in [6.45, 7) is 8.57. The molecule has 2 aromatic heterocycles. The molecule has 0 unspecified atom stereocenters. The lowest BCUT2D eigenvalue weighted by atomic mass is 10.1. The molecule has 2 N–H and O–H groups in total. The van der Waals surface area contributed by atoms with Gasteiger partial charge < -0.3 is 15.0 Å². The van der Waals surface area contributed by atoms with Gasteiger partial charge in [0.05, 0.1) is 12.2 Å². The fraction of sp³-hybridized carbons (Fsp3) is 0.269. The van der Waals surface area contributed by atoms with Crippen LogP contribution in [-0.2, 0) is 22.6 Å². The van der Waals surface area contributed by atoms with Crippen molar-refractivity contribution in [2.45, 2.75) is 40.8 Å². The maximum atomic E-state index is 12.4. The molecule has 0 atom stereocenters. The number of H-pyrrole nitrogens is 1. The maximum absolute atomic E-state index is 12.4. The van der Waals surface area contributed by atoms with Gasteiger partial charge in [0.2, 0.25) is 0 Å². The number of aryl methyl sites for hydroxylation is 3. The van der Waals surface area contributed by atoms with E-state index in [4.69, 9.17) is 4.74 Å². The number of ether oxygens (including phenoxy) is 1. The van der Waals surface area contributed by atoms with Crippen molar-refractivity contribution in [2.24, 2.45) is 0 Å². The number of hydrogen-bond acceptors (Lipinski definition) is 4. The van der Waals surface area contributed by atoms with E-state index in [0.717, 1.165) is 44.5 Å². The minimum atomic E-state index is -0.554. The van der Waals surface area contributed by atoms with Crippen molar-refractivity contribution in [1.29, 1.82) is 0 Å². The van der Waals surface area contributed by atoms with Crippen molar-refractivity contribution >= 4 is 22.8 Å². The SMILES string of the molecule is Cc1cc(C)c2cc(C(=O)OCC(=O)NCc3c(C)nn(Cc4ccccc4)c3C)[nH]c2c1. The van der Waals surface area contributed by atoms with Crippen LogP contribution in [0.2, 0.25) is 0 Å². The van der Waals surface area contributed by atoms with Crippen molar-refractivity contribution in [1.82, 2.24) is 20.1 Å². The van der Waals surface area contributed by atoms with E-state index in [1.54, 1.807) is 6.07 Å². The molecule has 0 aliphatic heterocycles. The molecule has 1 amide bonds. The molecule has 0 fully saturated rings. The third-order valence-corrected chi connectivity index (χ3v) is 5.81. The molecule has 2 aromatic carbocycles. The number of carbonyl (C=O) groups excluding carboxylic acids is 2. The number of carbonyl (C=O) groups is 2. The Morgan fingerprint density at radius 2 is 1.82 bits per heavy atom. The van der Waals surface area contributed by atoms with Gasteiger partial charge in [0.1, 0.15) is 5.69 Å². The van der Waals surface area contributed by atoms with Crippen molar-refractivity contribution in [3.8, 4) is 0 Å². The van der Waals surface area contributed by atoms with Gasteiger partial charge in [-0.15, -0.1) is 0 Å². The maximum Gasteiger partial charge on any atom is 0.355 e. The lowest BCUT2D eigenvalue weighted by Gasteiger charge is -2.08. The third kappa shape index (κ3) is 4.98. The molecule has 7 nitrogen and oxygen atoms in total. The lowest BCUT2D eigenvalue weighted by molar-refractivity contribution is -0.124. The molecule has 7 heteroatoms. The third-order valence-electron chi connectivity index (χ3n) is 5.81.